The predicted octanol–water partition coefficient (Wildman–Crippen LogP) is 7.32. The van der Waals surface area contributed by atoms with Crippen LogP contribution in [-0.4, -0.2) is 143 Å². The summed E-state index contributed by atoms with van der Waals surface area (Å²) in [6, 6.07) is 13.7. The molecular formula is C48H52F6N12O6. The Balaban J connectivity index is 0.000000194. The van der Waals surface area contributed by atoms with Gasteiger partial charge in [0.1, 0.15) is 23.0 Å². The van der Waals surface area contributed by atoms with Crippen molar-refractivity contribution >= 4 is 57.2 Å². The number of halogens is 6. The lowest BCUT2D eigenvalue weighted by Gasteiger charge is -2.36. The number of aromatic nitrogens is 6. The first-order valence-electron chi connectivity index (χ1n) is 23.2. The number of carbonyl (C=O) groups excluding carboxylic acids is 2. The van der Waals surface area contributed by atoms with Gasteiger partial charge in [-0.3, -0.25) is 9.59 Å². The number of hydrogen-bond acceptors (Lipinski definition) is 16. The summed E-state index contributed by atoms with van der Waals surface area (Å²) in [7, 11) is 2.08. The first-order chi connectivity index (χ1) is 34.4. The van der Waals surface area contributed by atoms with Crippen LogP contribution in [0.15, 0.2) is 73.1 Å². The van der Waals surface area contributed by atoms with Crippen LogP contribution in [0, 0.1) is 13.8 Å². The molecule has 4 aromatic heterocycles. The molecule has 7 heterocycles. The number of hydrogen-bond donors (Lipinski definition) is 2. The van der Waals surface area contributed by atoms with Crippen molar-refractivity contribution in [3.8, 4) is 23.0 Å². The molecule has 9 rings (SSSR count). The fourth-order valence-electron chi connectivity index (χ4n) is 8.42. The number of nitrogens with zero attached hydrogens (tertiary/aromatic N) is 10. The molecule has 0 radical (unpaired) electrons. The highest BCUT2D eigenvalue weighted by Gasteiger charge is 2.32. The molecule has 3 saturated heterocycles. The van der Waals surface area contributed by atoms with Crippen LogP contribution in [0.2, 0.25) is 0 Å². The molecule has 382 valence electrons. The number of aryl methyl sites for hydroxylation is 2. The number of nitrogens with one attached hydrogen (secondary N) is 2. The van der Waals surface area contributed by atoms with E-state index in [1.54, 1.807) is 12.1 Å². The molecule has 72 heavy (non-hydrogen) atoms. The number of likely N-dealkylation sites (tertiary alicyclic amines) is 1. The molecule has 0 spiro atoms. The van der Waals surface area contributed by atoms with Gasteiger partial charge in [0.2, 0.25) is 11.9 Å². The highest BCUT2D eigenvalue weighted by atomic mass is 19.4. The summed E-state index contributed by atoms with van der Waals surface area (Å²) in [5.41, 5.74) is 3.54. The quantitative estimate of drug-likeness (QED) is 0.110. The molecule has 24 heteroatoms. The molecule has 2 amide bonds. The number of anilines is 4. The zero-order valence-electron chi connectivity index (χ0n) is 39.6. The van der Waals surface area contributed by atoms with Gasteiger partial charge in [-0.1, -0.05) is 0 Å². The number of piperazine rings is 1. The lowest BCUT2D eigenvalue weighted by molar-refractivity contribution is -0.275. The highest BCUT2D eigenvalue weighted by molar-refractivity contribution is 5.95. The Kier molecular flexibility index (Phi) is 15.9. The van der Waals surface area contributed by atoms with E-state index < -0.39 is 24.5 Å². The molecule has 6 aromatic rings. The van der Waals surface area contributed by atoms with Gasteiger partial charge in [-0.25, -0.2) is 19.9 Å². The number of ether oxygens (including phenoxy) is 4. The van der Waals surface area contributed by atoms with Gasteiger partial charge in [0.15, 0.2) is 24.5 Å². The molecule has 3 aliphatic rings. The number of benzene rings is 2. The van der Waals surface area contributed by atoms with Crippen molar-refractivity contribution in [2.24, 2.45) is 0 Å². The number of rotatable bonds is 13. The fraction of sp³-hybridized carbons (Fsp3) is 0.417. The maximum Gasteiger partial charge on any atom is 0.573 e. The standard InChI is InChI=1S/C26H29F3N6O3.C22H23F3N6O3/c1-17-22-14-18(32-23(36)16-37-20-4-6-21(7-5-20)38-26(27,28)29)15-30-24(22)33-25(31-17)35-12-8-19(9-13-35)34-10-2-3-11-34;1-14-18-11-15(12-26-20(18)29-21(27-14)31-9-7-30(2)8-10-31)28-19(32)13-33-16-3-5-17(6-4-16)34-22(23,24)25/h4-7,14-15,19H,2-3,8-13,16H2,1H3,(H,32,36);3-6,11-12H,7-10,13H2,1-2H3,(H,28,32). The summed E-state index contributed by atoms with van der Waals surface area (Å²) in [4.78, 5) is 61.2. The largest absolute Gasteiger partial charge is 0.573 e. The second-order valence-corrected chi connectivity index (χ2v) is 17.4. The van der Waals surface area contributed by atoms with Crippen LogP contribution < -0.4 is 39.4 Å². The van der Waals surface area contributed by atoms with Gasteiger partial charge in [0.25, 0.3) is 11.8 Å². The third-order valence-corrected chi connectivity index (χ3v) is 12.1. The highest BCUT2D eigenvalue weighted by Crippen LogP contribution is 2.29. The SMILES string of the molecule is Cc1nc(N2CCC(N3CCCC3)CC2)nc2ncc(NC(=O)COc3ccc(OC(F)(F)F)cc3)cc12.Cc1nc(N2CCN(C)CC2)nc2ncc(NC(=O)COc3ccc(OC(F)(F)F)cc3)cc12. The minimum atomic E-state index is -4.77. The van der Waals surface area contributed by atoms with E-state index in [0.29, 0.717) is 40.6 Å². The van der Waals surface area contributed by atoms with Crippen molar-refractivity contribution in [1.29, 1.82) is 0 Å². The summed E-state index contributed by atoms with van der Waals surface area (Å²) in [6.45, 7) is 10.9. The number of piperidine rings is 1. The first-order valence-corrected chi connectivity index (χ1v) is 23.2. The molecule has 0 saturated carbocycles. The van der Waals surface area contributed by atoms with Crippen LogP contribution in [0.25, 0.3) is 22.1 Å². The van der Waals surface area contributed by atoms with Crippen molar-refractivity contribution in [2.45, 2.75) is 58.3 Å². The number of alkyl halides is 6. The average molecular weight is 1010 g/mol. The van der Waals surface area contributed by atoms with Crippen LogP contribution in [0.4, 0.5) is 49.6 Å². The van der Waals surface area contributed by atoms with Crippen molar-refractivity contribution in [2.75, 3.05) is 93.1 Å². The van der Waals surface area contributed by atoms with E-state index in [2.05, 4.69) is 71.7 Å². The molecule has 2 N–H and O–H groups in total. The van der Waals surface area contributed by atoms with Gasteiger partial charge >= 0.3 is 12.7 Å². The van der Waals surface area contributed by atoms with Crippen LogP contribution in [0.3, 0.4) is 0 Å². The van der Waals surface area contributed by atoms with E-state index in [9.17, 15) is 35.9 Å². The number of likely N-dealkylation sites (N-methyl/N-ethyl adjacent to an activating group) is 1. The van der Waals surface area contributed by atoms with Gasteiger partial charge in [-0.15, -0.1) is 26.3 Å². The fourth-order valence-corrected chi connectivity index (χ4v) is 8.42. The second-order valence-electron chi connectivity index (χ2n) is 17.4. The summed E-state index contributed by atoms with van der Waals surface area (Å²) in [6.07, 6.45) is -1.71. The van der Waals surface area contributed by atoms with Crippen LogP contribution in [0.1, 0.15) is 37.1 Å². The zero-order chi connectivity index (χ0) is 51.0. The number of amides is 2. The van der Waals surface area contributed by atoms with Gasteiger partial charge in [0.05, 0.1) is 35.2 Å². The van der Waals surface area contributed by atoms with E-state index >= 15 is 0 Å². The maximum absolute atomic E-state index is 12.4. The normalized spacial score (nSPS) is 16.0. The molecule has 0 unspecified atom stereocenters. The smallest absolute Gasteiger partial charge is 0.484 e. The van der Waals surface area contributed by atoms with Gasteiger partial charge < -0.3 is 49.2 Å². The molecule has 0 atom stereocenters. The third-order valence-electron chi connectivity index (χ3n) is 12.1. The van der Waals surface area contributed by atoms with E-state index in [1.165, 1.54) is 62.6 Å². The van der Waals surface area contributed by atoms with Crippen LogP contribution in [-0.2, 0) is 9.59 Å². The lowest BCUT2D eigenvalue weighted by atomic mass is 10.0. The van der Waals surface area contributed by atoms with Crippen molar-refractivity contribution in [3.63, 3.8) is 0 Å². The first kappa shape index (κ1) is 51.0. The van der Waals surface area contributed by atoms with E-state index in [-0.39, 0.29) is 36.2 Å². The van der Waals surface area contributed by atoms with Crippen molar-refractivity contribution < 1.29 is 54.9 Å². The van der Waals surface area contributed by atoms with Crippen molar-refractivity contribution in [3.05, 3.63) is 84.4 Å². The summed E-state index contributed by atoms with van der Waals surface area (Å²) < 4.78 is 91.8. The lowest BCUT2D eigenvalue weighted by Crippen LogP contribution is -2.45. The minimum absolute atomic E-state index is 0.224. The number of fused-ring (bicyclic) bond motifs is 2. The maximum atomic E-state index is 12.4. The summed E-state index contributed by atoms with van der Waals surface area (Å²) in [5, 5.41) is 6.85. The van der Waals surface area contributed by atoms with Gasteiger partial charge in [0, 0.05) is 56.1 Å². The molecule has 0 bridgehead atoms. The molecule has 0 aliphatic carbocycles. The average Bonchev–Trinajstić information content (AvgIpc) is 3.89. The molecule has 2 aromatic carbocycles. The molecule has 3 fully saturated rings. The Labute approximate surface area is 409 Å². The Morgan fingerprint density at radius 2 is 0.986 bits per heavy atom. The Morgan fingerprint density at radius 1 is 0.583 bits per heavy atom. The van der Waals surface area contributed by atoms with Crippen molar-refractivity contribution in [1.82, 2.24) is 39.7 Å². The Morgan fingerprint density at radius 3 is 1.40 bits per heavy atom. The number of pyridine rings is 2. The van der Waals surface area contributed by atoms with Gasteiger partial charge in [-0.05, 0) is 120 Å². The molecule has 18 nitrogen and oxygen atoms in total. The van der Waals surface area contributed by atoms with E-state index in [0.717, 1.165) is 98.5 Å². The monoisotopic (exact) mass is 1010 g/mol. The minimum Gasteiger partial charge on any atom is -0.484 e. The third kappa shape index (κ3) is 14.2. The topological polar surface area (TPSA) is 185 Å². The Bertz CT molecular complexity index is 2820. The molecular weight excluding hydrogens is 955 g/mol. The van der Waals surface area contributed by atoms with E-state index in [1.807, 2.05) is 13.8 Å². The predicted molar refractivity (Wildman–Crippen MR) is 254 cm³/mol. The number of carbonyl (C=O) groups is 2. The second kappa shape index (κ2) is 22.4. The Hall–Kier alpha value is -7.34. The van der Waals surface area contributed by atoms with Gasteiger partial charge in [-0.2, -0.15) is 9.97 Å². The molecule has 3 aliphatic heterocycles. The summed E-state index contributed by atoms with van der Waals surface area (Å²) in [5.74, 6) is 0.127. The van der Waals surface area contributed by atoms with Crippen LogP contribution >= 0.6 is 0 Å². The van der Waals surface area contributed by atoms with E-state index in [4.69, 9.17) is 14.5 Å². The summed E-state index contributed by atoms with van der Waals surface area (Å²) >= 11 is 0. The van der Waals surface area contributed by atoms with Crippen LogP contribution in [0.5, 0.6) is 23.0 Å². The zero-order valence-corrected chi connectivity index (χ0v) is 39.6.